The number of halogens is 2. The summed E-state index contributed by atoms with van der Waals surface area (Å²) in [4.78, 5) is 21.6. The molecule has 0 atom stereocenters. The zero-order chi connectivity index (χ0) is 21.2. The third-order valence-electron chi connectivity index (χ3n) is 4.29. The first-order valence-corrected chi connectivity index (χ1v) is 10.3. The van der Waals surface area contributed by atoms with Gasteiger partial charge in [0.05, 0.1) is 10.2 Å². The van der Waals surface area contributed by atoms with Crippen molar-refractivity contribution in [3.8, 4) is 5.75 Å². The quantitative estimate of drug-likeness (QED) is 0.532. The van der Waals surface area contributed by atoms with Gasteiger partial charge in [-0.3, -0.25) is 9.69 Å². The Hall–Kier alpha value is -2.22. The number of carbonyl (C=O) groups is 1. The van der Waals surface area contributed by atoms with Crippen LogP contribution in [-0.4, -0.2) is 48.6 Å². The van der Waals surface area contributed by atoms with E-state index in [1.165, 1.54) is 23.5 Å². The first kappa shape index (κ1) is 21.5. The van der Waals surface area contributed by atoms with Gasteiger partial charge in [0.25, 0.3) is 5.91 Å². The molecule has 0 spiro atoms. The number of likely N-dealkylation sites (N-methyl/N-ethyl adjacent to an activating group) is 1. The van der Waals surface area contributed by atoms with Gasteiger partial charge in [0.2, 0.25) is 0 Å². The number of fused-ring (bicyclic) bond motifs is 1. The molecule has 1 aromatic heterocycles. The predicted molar refractivity (Wildman–Crippen MR) is 117 cm³/mol. The van der Waals surface area contributed by atoms with E-state index in [0.29, 0.717) is 39.2 Å². The smallest absolute Gasteiger partial charge is 0.272 e. The highest BCUT2D eigenvalue weighted by molar-refractivity contribution is 7.22. The fourth-order valence-electron chi connectivity index (χ4n) is 2.75. The highest BCUT2D eigenvalue weighted by atomic mass is 35.5. The Morgan fingerprint density at radius 2 is 1.86 bits per heavy atom. The van der Waals surface area contributed by atoms with Crippen LogP contribution >= 0.6 is 22.9 Å². The van der Waals surface area contributed by atoms with Crippen LogP contribution in [0, 0.1) is 5.82 Å². The van der Waals surface area contributed by atoms with Gasteiger partial charge < -0.3 is 9.64 Å². The van der Waals surface area contributed by atoms with Gasteiger partial charge in [0.1, 0.15) is 11.6 Å². The molecular formula is C21H23ClFN3O2S. The number of hydrogen-bond acceptors (Lipinski definition) is 5. The van der Waals surface area contributed by atoms with Gasteiger partial charge in [0.15, 0.2) is 10.7 Å². The molecule has 0 radical (unpaired) electrons. The van der Waals surface area contributed by atoms with Gasteiger partial charge in [-0.2, -0.15) is 0 Å². The number of anilines is 1. The Morgan fingerprint density at radius 1 is 1.17 bits per heavy atom. The van der Waals surface area contributed by atoms with Crippen molar-refractivity contribution < 1.29 is 13.9 Å². The van der Waals surface area contributed by atoms with E-state index in [1.807, 2.05) is 19.0 Å². The summed E-state index contributed by atoms with van der Waals surface area (Å²) in [6.45, 7) is 4.52. The number of aromatic nitrogens is 1. The van der Waals surface area contributed by atoms with Crippen LogP contribution in [0.5, 0.6) is 5.75 Å². The number of benzene rings is 2. The van der Waals surface area contributed by atoms with E-state index in [4.69, 9.17) is 16.3 Å². The molecule has 8 heteroatoms. The fraction of sp³-hybridized carbons (Fsp3) is 0.333. The zero-order valence-electron chi connectivity index (χ0n) is 16.8. The number of rotatable bonds is 7. The maximum atomic E-state index is 13.6. The van der Waals surface area contributed by atoms with Crippen LogP contribution in [0.3, 0.4) is 0 Å². The number of thiazole rings is 1. The van der Waals surface area contributed by atoms with Gasteiger partial charge in [-0.1, -0.05) is 22.9 Å². The summed E-state index contributed by atoms with van der Waals surface area (Å²) in [5.41, 5.74) is -0.478. The minimum Gasteiger partial charge on any atom is -0.478 e. The maximum absolute atomic E-state index is 13.6. The first-order valence-electron chi connectivity index (χ1n) is 9.13. The second-order valence-corrected chi connectivity index (χ2v) is 8.88. The number of amides is 1. The standard InChI is InChI=1S/C21H23ClFN3O2S/c1-21(2,28-16-8-5-14(22)6-9-16)19(27)26(12-11-25(3)4)20-24-17-10-7-15(23)13-18(17)29-20/h5-10,13H,11-12H2,1-4H3. The number of ether oxygens (including phenoxy) is 1. The molecule has 154 valence electrons. The molecule has 0 saturated heterocycles. The number of carbonyl (C=O) groups excluding carboxylic acids is 1. The zero-order valence-corrected chi connectivity index (χ0v) is 18.4. The molecule has 29 heavy (non-hydrogen) atoms. The summed E-state index contributed by atoms with van der Waals surface area (Å²) >= 11 is 7.21. The first-order chi connectivity index (χ1) is 13.7. The Kier molecular flexibility index (Phi) is 6.41. The predicted octanol–water partition coefficient (Wildman–Crippen LogP) is 4.84. The van der Waals surface area contributed by atoms with E-state index in [1.54, 1.807) is 49.1 Å². The lowest BCUT2D eigenvalue weighted by Crippen LogP contribution is -2.50. The van der Waals surface area contributed by atoms with Crippen LogP contribution in [0.25, 0.3) is 10.2 Å². The van der Waals surface area contributed by atoms with Crippen LogP contribution in [0.15, 0.2) is 42.5 Å². The third-order valence-corrected chi connectivity index (χ3v) is 5.58. The van der Waals surface area contributed by atoms with E-state index in [2.05, 4.69) is 4.98 Å². The molecule has 0 fully saturated rings. The average molecular weight is 436 g/mol. The van der Waals surface area contributed by atoms with Crippen LogP contribution in [0.1, 0.15) is 13.8 Å². The molecule has 3 aromatic rings. The normalized spacial score (nSPS) is 11.8. The third kappa shape index (κ3) is 5.23. The molecule has 0 unspecified atom stereocenters. The van der Waals surface area contributed by atoms with E-state index in [-0.39, 0.29) is 11.7 Å². The Morgan fingerprint density at radius 3 is 2.52 bits per heavy atom. The molecule has 0 aliphatic carbocycles. The van der Waals surface area contributed by atoms with Gasteiger partial charge >= 0.3 is 0 Å². The van der Waals surface area contributed by atoms with E-state index in [0.717, 1.165) is 0 Å². The summed E-state index contributed by atoms with van der Waals surface area (Å²) in [7, 11) is 3.87. The van der Waals surface area contributed by atoms with E-state index in [9.17, 15) is 9.18 Å². The maximum Gasteiger partial charge on any atom is 0.272 e. The summed E-state index contributed by atoms with van der Waals surface area (Å²) in [6, 6.07) is 11.3. The molecule has 5 nitrogen and oxygen atoms in total. The van der Waals surface area contributed by atoms with Crippen LogP contribution in [0.4, 0.5) is 9.52 Å². The van der Waals surface area contributed by atoms with Gasteiger partial charge in [-0.15, -0.1) is 0 Å². The minimum absolute atomic E-state index is 0.228. The highest BCUT2D eigenvalue weighted by Crippen LogP contribution is 2.31. The van der Waals surface area contributed by atoms with Crippen molar-refractivity contribution in [3.63, 3.8) is 0 Å². The van der Waals surface area contributed by atoms with Crippen molar-refractivity contribution >= 4 is 44.2 Å². The number of nitrogens with zero attached hydrogens (tertiary/aromatic N) is 3. The highest BCUT2D eigenvalue weighted by Gasteiger charge is 2.36. The second-order valence-electron chi connectivity index (χ2n) is 7.43. The molecule has 3 rings (SSSR count). The molecule has 0 aliphatic heterocycles. The Labute approximate surface area is 178 Å². The molecule has 0 N–H and O–H groups in total. The Balaban J connectivity index is 1.91. The summed E-state index contributed by atoms with van der Waals surface area (Å²) in [5, 5.41) is 1.11. The molecular weight excluding hydrogens is 413 g/mol. The molecule has 0 saturated carbocycles. The topological polar surface area (TPSA) is 45.7 Å². The lowest BCUT2D eigenvalue weighted by atomic mass is 10.1. The Bertz CT molecular complexity index is 1000. The summed E-state index contributed by atoms with van der Waals surface area (Å²) < 4.78 is 20.2. The molecule has 1 heterocycles. The molecule has 2 aromatic carbocycles. The van der Waals surface area contributed by atoms with Crippen molar-refractivity contribution in [2.45, 2.75) is 19.4 Å². The lowest BCUT2D eigenvalue weighted by Gasteiger charge is -2.31. The fourth-order valence-corrected chi connectivity index (χ4v) is 3.89. The van der Waals surface area contributed by atoms with Gasteiger partial charge in [-0.05, 0) is 70.4 Å². The van der Waals surface area contributed by atoms with Crippen molar-refractivity contribution in [1.82, 2.24) is 9.88 Å². The largest absolute Gasteiger partial charge is 0.478 e. The van der Waals surface area contributed by atoms with Gasteiger partial charge in [-0.25, -0.2) is 9.37 Å². The molecule has 1 amide bonds. The molecule has 0 aliphatic rings. The van der Waals surface area contributed by atoms with Crippen LogP contribution < -0.4 is 9.64 Å². The minimum atomic E-state index is -1.14. The van der Waals surface area contributed by atoms with E-state index < -0.39 is 5.60 Å². The second kappa shape index (κ2) is 8.65. The van der Waals surface area contributed by atoms with Crippen LogP contribution in [0.2, 0.25) is 5.02 Å². The van der Waals surface area contributed by atoms with Crippen molar-refractivity contribution in [3.05, 3.63) is 53.3 Å². The number of hydrogen-bond donors (Lipinski definition) is 0. The summed E-state index contributed by atoms with van der Waals surface area (Å²) in [5.74, 6) is -0.00854. The van der Waals surface area contributed by atoms with Gasteiger partial charge in [0, 0.05) is 18.1 Å². The molecule has 0 bridgehead atoms. The SMILES string of the molecule is CN(C)CCN(C(=O)C(C)(C)Oc1ccc(Cl)cc1)c1nc2ccc(F)cc2s1. The lowest BCUT2D eigenvalue weighted by molar-refractivity contribution is -0.131. The van der Waals surface area contributed by atoms with Crippen LogP contribution in [-0.2, 0) is 4.79 Å². The van der Waals surface area contributed by atoms with E-state index >= 15 is 0 Å². The average Bonchev–Trinajstić information content (AvgIpc) is 3.06. The van der Waals surface area contributed by atoms with Crippen molar-refractivity contribution in [2.24, 2.45) is 0 Å². The van der Waals surface area contributed by atoms with Crippen molar-refractivity contribution in [2.75, 3.05) is 32.1 Å². The monoisotopic (exact) mass is 435 g/mol. The van der Waals surface area contributed by atoms with Crippen molar-refractivity contribution in [1.29, 1.82) is 0 Å². The summed E-state index contributed by atoms with van der Waals surface area (Å²) in [6.07, 6.45) is 0.